The monoisotopic (exact) mass is 541 g/mol. The van der Waals surface area contributed by atoms with Crippen molar-refractivity contribution in [1.29, 1.82) is 0 Å². The number of carbonyl (C=O) groups is 2. The van der Waals surface area contributed by atoms with Crippen LogP contribution in [0.4, 0.5) is 15.8 Å². The zero-order chi connectivity index (χ0) is 24.8. The van der Waals surface area contributed by atoms with Gasteiger partial charge in [-0.25, -0.2) is 4.39 Å². The standard InChI is InChI=1S/C26H25BrFN3O4/c1-2-34-24-14-21(9-12-23(24)35-16-17-3-5-19(27)6-4-17)29-30-26(33)18-13-25(32)31(15-18)22-10-7-20(28)8-11-22/h3-12,14,18,29H,2,13,15-16H2,1H3,(H,30,33)/t18-/m0/s1. The molecule has 1 aliphatic heterocycles. The molecule has 0 saturated carbocycles. The van der Waals surface area contributed by atoms with E-state index in [2.05, 4.69) is 26.8 Å². The van der Waals surface area contributed by atoms with Crippen molar-refractivity contribution >= 4 is 39.1 Å². The molecule has 1 saturated heterocycles. The first-order chi connectivity index (χ1) is 16.9. The number of ether oxygens (including phenoxy) is 2. The summed E-state index contributed by atoms with van der Waals surface area (Å²) in [6.07, 6.45) is 0.0813. The predicted octanol–water partition coefficient (Wildman–Crippen LogP) is 5.06. The number of anilines is 2. The molecular weight excluding hydrogens is 517 g/mol. The van der Waals surface area contributed by atoms with Crippen molar-refractivity contribution in [3.8, 4) is 11.5 Å². The van der Waals surface area contributed by atoms with Crippen molar-refractivity contribution < 1.29 is 23.5 Å². The Hall–Kier alpha value is -3.59. The lowest BCUT2D eigenvalue weighted by atomic mass is 10.1. The highest BCUT2D eigenvalue weighted by molar-refractivity contribution is 9.10. The number of halogens is 2. The van der Waals surface area contributed by atoms with E-state index in [4.69, 9.17) is 9.47 Å². The van der Waals surface area contributed by atoms with Gasteiger partial charge in [0.05, 0.1) is 18.2 Å². The average molecular weight is 542 g/mol. The van der Waals surface area contributed by atoms with Gasteiger partial charge in [0.2, 0.25) is 11.8 Å². The van der Waals surface area contributed by atoms with E-state index >= 15 is 0 Å². The van der Waals surface area contributed by atoms with Crippen LogP contribution in [0.5, 0.6) is 11.5 Å². The molecule has 3 aromatic rings. The van der Waals surface area contributed by atoms with Crippen LogP contribution in [0.1, 0.15) is 18.9 Å². The molecule has 3 aromatic carbocycles. The van der Waals surface area contributed by atoms with Crippen LogP contribution in [0.2, 0.25) is 0 Å². The lowest BCUT2D eigenvalue weighted by molar-refractivity contribution is -0.125. The van der Waals surface area contributed by atoms with Gasteiger partial charge in [-0.15, -0.1) is 0 Å². The van der Waals surface area contributed by atoms with Crippen molar-refractivity contribution in [3.63, 3.8) is 0 Å². The van der Waals surface area contributed by atoms with Gasteiger partial charge in [-0.05, 0) is 61.0 Å². The van der Waals surface area contributed by atoms with Crippen molar-refractivity contribution in [1.82, 2.24) is 5.43 Å². The van der Waals surface area contributed by atoms with Crippen molar-refractivity contribution in [2.24, 2.45) is 5.92 Å². The number of hydrazine groups is 1. The van der Waals surface area contributed by atoms with Crippen LogP contribution >= 0.6 is 15.9 Å². The molecule has 0 bridgehead atoms. The molecule has 182 valence electrons. The second-order valence-corrected chi connectivity index (χ2v) is 8.92. The Morgan fingerprint density at radius 2 is 1.80 bits per heavy atom. The molecule has 1 atom stereocenters. The van der Waals surface area contributed by atoms with Crippen molar-refractivity contribution in [2.75, 3.05) is 23.5 Å². The molecule has 0 aliphatic carbocycles. The van der Waals surface area contributed by atoms with E-state index in [9.17, 15) is 14.0 Å². The van der Waals surface area contributed by atoms with E-state index in [-0.39, 0.29) is 30.6 Å². The van der Waals surface area contributed by atoms with Gasteiger partial charge < -0.3 is 14.4 Å². The number of benzene rings is 3. The SMILES string of the molecule is CCOc1cc(NNC(=O)[C@H]2CC(=O)N(c3ccc(F)cc3)C2)ccc1OCc1ccc(Br)cc1. The number of nitrogens with one attached hydrogen (secondary N) is 2. The Labute approximate surface area is 211 Å². The van der Waals surface area contributed by atoms with E-state index in [0.717, 1.165) is 10.0 Å². The molecule has 35 heavy (non-hydrogen) atoms. The number of nitrogens with zero attached hydrogens (tertiary/aromatic N) is 1. The second kappa shape index (κ2) is 11.2. The molecule has 4 rings (SSSR count). The van der Waals surface area contributed by atoms with Gasteiger partial charge in [0.15, 0.2) is 11.5 Å². The molecule has 0 spiro atoms. The molecule has 1 aliphatic rings. The first-order valence-corrected chi connectivity index (χ1v) is 12.0. The van der Waals surface area contributed by atoms with Gasteiger partial charge in [0.1, 0.15) is 12.4 Å². The first-order valence-electron chi connectivity index (χ1n) is 11.2. The maximum absolute atomic E-state index is 13.2. The largest absolute Gasteiger partial charge is 0.490 e. The molecular formula is C26H25BrFN3O4. The smallest absolute Gasteiger partial charge is 0.243 e. The van der Waals surface area contributed by atoms with Crippen LogP contribution in [0.15, 0.2) is 71.2 Å². The summed E-state index contributed by atoms with van der Waals surface area (Å²) in [5.74, 6) is -0.264. The van der Waals surface area contributed by atoms with Crippen LogP contribution in [-0.2, 0) is 16.2 Å². The normalized spacial score (nSPS) is 15.1. The van der Waals surface area contributed by atoms with E-state index in [1.807, 2.05) is 31.2 Å². The molecule has 2 N–H and O–H groups in total. The highest BCUT2D eigenvalue weighted by Gasteiger charge is 2.35. The summed E-state index contributed by atoms with van der Waals surface area (Å²) in [6, 6.07) is 18.8. The maximum atomic E-state index is 13.2. The summed E-state index contributed by atoms with van der Waals surface area (Å²) in [7, 11) is 0. The number of hydrogen-bond acceptors (Lipinski definition) is 5. The van der Waals surface area contributed by atoms with Gasteiger partial charge in [-0.2, -0.15) is 0 Å². The first kappa shape index (κ1) is 24.5. The van der Waals surface area contributed by atoms with Gasteiger partial charge in [-0.1, -0.05) is 28.1 Å². The van der Waals surface area contributed by atoms with Crippen LogP contribution in [0.3, 0.4) is 0 Å². The Morgan fingerprint density at radius 3 is 2.51 bits per heavy atom. The zero-order valence-electron chi connectivity index (χ0n) is 19.1. The van der Waals surface area contributed by atoms with Crippen LogP contribution in [0, 0.1) is 11.7 Å². The molecule has 0 aromatic heterocycles. The maximum Gasteiger partial charge on any atom is 0.243 e. The fourth-order valence-corrected chi connectivity index (χ4v) is 3.97. The van der Waals surface area contributed by atoms with E-state index in [1.165, 1.54) is 29.2 Å². The van der Waals surface area contributed by atoms with Gasteiger partial charge in [0.25, 0.3) is 0 Å². The molecule has 9 heteroatoms. The fraction of sp³-hybridized carbons (Fsp3) is 0.231. The number of carbonyl (C=O) groups excluding carboxylic acids is 2. The molecule has 1 fully saturated rings. The number of amides is 2. The Kier molecular flexibility index (Phi) is 7.87. The minimum Gasteiger partial charge on any atom is -0.490 e. The average Bonchev–Trinajstić information content (AvgIpc) is 3.25. The van der Waals surface area contributed by atoms with Gasteiger partial charge >= 0.3 is 0 Å². The highest BCUT2D eigenvalue weighted by atomic mass is 79.9. The fourth-order valence-electron chi connectivity index (χ4n) is 3.70. The summed E-state index contributed by atoms with van der Waals surface area (Å²) in [4.78, 5) is 26.6. The Bertz CT molecular complexity index is 1190. The third-order valence-corrected chi connectivity index (χ3v) is 6.04. The zero-order valence-corrected chi connectivity index (χ0v) is 20.7. The summed E-state index contributed by atoms with van der Waals surface area (Å²) >= 11 is 3.42. The molecule has 0 radical (unpaired) electrons. The van der Waals surface area contributed by atoms with Crippen LogP contribution in [0.25, 0.3) is 0 Å². The Balaban J connectivity index is 1.35. The Morgan fingerprint density at radius 1 is 1.06 bits per heavy atom. The van der Waals surface area contributed by atoms with E-state index < -0.39 is 5.92 Å². The topological polar surface area (TPSA) is 79.9 Å². The number of hydrogen-bond donors (Lipinski definition) is 2. The highest BCUT2D eigenvalue weighted by Crippen LogP contribution is 2.31. The lowest BCUT2D eigenvalue weighted by Crippen LogP contribution is -2.36. The lowest BCUT2D eigenvalue weighted by Gasteiger charge is -2.17. The van der Waals surface area contributed by atoms with Gasteiger partial charge in [-0.3, -0.25) is 20.4 Å². The summed E-state index contributed by atoms with van der Waals surface area (Å²) < 4.78 is 25.8. The van der Waals surface area contributed by atoms with E-state index in [0.29, 0.717) is 36.1 Å². The third-order valence-electron chi connectivity index (χ3n) is 5.52. The molecule has 7 nitrogen and oxygen atoms in total. The summed E-state index contributed by atoms with van der Waals surface area (Å²) in [5.41, 5.74) is 7.75. The third kappa shape index (κ3) is 6.30. The van der Waals surface area contributed by atoms with Crippen molar-refractivity contribution in [3.05, 3.63) is 82.6 Å². The predicted molar refractivity (Wildman–Crippen MR) is 135 cm³/mol. The minimum atomic E-state index is -0.528. The minimum absolute atomic E-state index is 0.0813. The quantitative estimate of drug-likeness (QED) is 0.370. The number of rotatable bonds is 9. The summed E-state index contributed by atoms with van der Waals surface area (Å²) in [6.45, 7) is 2.94. The van der Waals surface area contributed by atoms with Gasteiger partial charge in [0, 0.05) is 29.2 Å². The van der Waals surface area contributed by atoms with Crippen molar-refractivity contribution in [2.45, 2.75) is 20.0 Å². The molecule has 2 amide bonds. The summed E-state index contributed by atoms with van der Waals surface area (Å²) in [5, 5.41) is 0. The molecule has 0 unspecified atom stereocenters. The van der Waals surface area contributed by atoms with Crippen LogP contribution in [-0.4, -0.2) is 25.0 Å². The van der Waals surface area contributed by atoms with E-state index in [1.54, 1.807) is 18.2 Å². The van der Waals surface area contributed by atoms with Crippen LogP contribution < -0.4 is 25.2 Å². The second-order valence-electron chi connectivity index (χ2n) is 8.01. The molecule has 1 heterocycles.